The van der Waals surface area contributed by atoms with Crippen LogP contribution in [0.25, 0.3) is 0 Å². The van der Waals surface area contributed by atoms with Crippen LogP contribution in [0.4, 0.5) is 0 Å². The lowest BCUT2D eigenvalue weighted by atomic mass is 9.93. The van der Waals surface area contributed by atoms with Gasteiger partial charge in [0.25, 0.3) is 0 Å². The third-order valence-corrected chi connectivity index (χ3v) is 5.27. The number of aliphatic hydroxyl groups excluding tert-OH is 1. The number of carbonyl (C=O) groups excluding carboxylic acids is 1. The van der Waals surface area contributed by atoms with Gasteiger partial charge in [0.2, 0.25) is 0 Å². The van der Waals surface area contributed by atoms with E-state index in [0.717, 1.165) is 24.0 Å². The Morgan fingerprint density at radius 3 is 2.10 bits per heavy atom. The number of ether oxygens (including phenoxy) is 2. The molecule has 0 aliphatic carbocycles. The molecule has 2 aromatic rings. The maximum atomic E-state index is 12.1. The maximum Gasteiger partial charge on any atom is 0.155 e. The molecule has 3 atom stereocenters. The van der Waals surface area contributed by atoms with E-state index in [-0.39, 0.29) is 17.6 Å². The predicted molar refractivity (Wildman–Crippen MR) is 125 cm³/mol. The molecule has 4 heteroatoms. The normalized spacial score (nSPS) is 14.4. The molecule has 0 saturated heterocycles. The second kappa shape index (κ2) is 14.7. The molecule has 0 fully saturated rings. The van der Waals surface area contributed by atoms with Gasteiger partial charge in [0.1, 0.15) is 0 Å². The minimum absolute atomic E-state index is 0.0137. The molecular formula is C27H36O4. The van der Waals surface area contributed by atoms with E-state index in [0.29, 0.717) is 32.8 Å². The highest BCUT2D eigenvalue weighted by atomic mass is 16.5. The van der Waals surface area contributed by atoms with Crippen LogP contribution in [-0.2, 0) is 27.5 Å². The third kappa shape index (κ3) is 10.5. The molecule has 1 N–H and O–H groups in total. The van der Waals surface area contributed by atoms with Gasteiger partial charge < -0.3 is 14.6 Å². The molecule has 2 rings (SSSR count). The Labute approximate surface area is 186 Å². The Balaban J connectivity index is 1.56. The van der Waals surface area contributed by atoms with E-state index in [9.17, 15) is 9.90 Å². The minimum Gasteiger partial charge on any atom is -0.392 e. The van der Waals surface area contributed by atoms with Crippen molar-refractivity contribution in [2.24, 2.45) is 11.8 Å². The summed E-state index contributed by atoms with van der Waals surface area (Å²) < 4.78 is 11.4. The third-order valence-electron chi connectivity index (χ3n) is 5.27. The second-order valence-corrected chi connectivity index (χ2v) is 8.15. The molecule has 0 spiro atoms. The average Bonchev–Trinajstić information content (AvgIpc) is 2.80. The summed E-state index contributed by atoms with van der Waals surface area (Å²) in [7, 11) is 0. The maximum absolute atomic E-state index is 12.1. The number of hydrogen-bond acceptors (Lipinski definition) is 4. The highest BCUT2D eigenvalue weighted by molar-refractivity contribution is 5.89. The zero-order valence-corrected chi connectivity index (χ0v) is 18.8. The fourth-order valence-corrected chi connectivity index (χ4v) is 3.28. The molecule has 31 heavy (non-hydrogen) atoms. The van der Waals surface area contributed by atoms with Crippen LogP contribution in [0, 0.1) is 11.8 Å². The molecular weight excluding hydrogens is 388 g/mol. The summed E-state index contributed by atoms with van der Waals surface area (Å²) in [4.78, 5) is 12.1. The largest absolute Gasteiger partial charge is 0.392 e. The zero-order chi connectivity index (χ0) is 22.3. The lowest BCUT2D eigenvalue weighted by Crippen LogP contribution is -2.28. The fraction of sp³-hybridized carbons (Fsp3) is 0.444. The number of benzene rings is 2. The monoisotopic (exact) mass is 424 g/mol. The fourth-order valence-electron chi connectivity index (χ4n) is 3.28. The van der Waals surface area contributed by atoms with Gasteiger partial charge in [0.05, 0.1) is 25.9 Å². The Morgan fingerprint density at radius 2 is 1.48 bits per heavy atom. The lowest BCUT2D eigenvalue weighted by Gasteiger charge is -2.22. The van der Waals surface area contributed by atoms with Gasteiger partial charge >= 0.3 is 0 Å². The predicted octanol–water partition coefficient (Wildman–Crippen LogP) is 5.35. The summed E-state index contributed by atoms with van der Waals surface area (Å²) in [5.74, 6) is -0.0243. The number of rotatable bonds is 15. The zero-order valence-electron chi connectivity index (χ0n) is 18.8. The van der Waals surface area contributed by atoms with Crippen molar-refractivity contribution in [2.45, 2.75) is 52.4 Å². The average molecular weight is 425 g/mol. The molecule has 0 aliphatic rings. The van der Waals surface area contributed by atoms with Crippen molar-refractivity contribution in [3.63, 3.8) is 0 Å². The Kier molecular flexibility index (Phi) is 11.8. The summed E-state index contributed by atoms with van der Waals surface area (Å²) in [5.41, 5.74) is 2.28. The highest BCUT2D eigenvalue weighted by Crippen LogP contribution is 2.16. The van der Waals surface area contributed by atoms with Crippen LogP contribution >= 0.6 is 0 Å². The summed E-state index contributed by atoms with van der Waals surface area (Å²) in [6.07, 6.45) is 5.04. The van der Waals surface area contributed by atoms with E-state index in [1.165, 1.54) is 0 Å². The first kappa shape index (κ1) is 25.0. The first-order valence-electron chi connectivity index (χ1n) is 11.2. The van der Waals surface area contributed by atoms with Crippen molar-refractivity contribution in [1.29, 1.82) is 0 Å². The van der Waals surface area contributed by atoms with Gasteiger partial charge in [-0.05, 0) is 30.0 Å². The van der Waals surface area contributed by atoms with Gasteiger partial charge in [0, 0.05) is 24.9 Å². The number of unbranched alkanes of at least 4 members (excludes halogenated alkanes) is 1. The number of ketones is 1. The first-order chi connectivity index (χ1) is 15.1. The lowest BCUT2D eigenvalue weighted by molar-refractivity contribution is -0.114. The van der Waals surface area contributed by atoms with Crippen LogP contribution < -0.4 is 0 Å². The van der Waals surface area contributed by atoms with Crippen LogP contribution in [0.2, 0.25) is 0 Å². The molecule has 0 unspecified atom stereocenters. The van der Waals surface area contributed by atoms with Crippen molar-refractivity contribution in [1.82, 2.24) is 0 Å². The molecule has 2 aromatic carbocycles. The molecule has 0 amide bonds. The van der Waals surface area contributed by atoms with Crippen molar-refractivity contribution in [2.75, 3.05) is 13.2 Å². The Morgan fingerprint density at radius 1 is 0.903 bits per heavy atom. The van der Waals surface area contributed by atoms with Crippen molar-refractivity contribution in [3.8, 4) is 0 Å². The molecule has 0 heterocycles. The standard InChI is InChI=1S/C27H36O4/c1-22(27(29)23(2)19-31-21-25-13-7-4-8-14-25)16-17-26(28)15-9-10-18-30-20-24-11-5-3-6-12-24/h3-8,11-14,16-17,22-23,27,29H,9-10,15,18-21H2,1-2H3/b17-16+/t22-,23+,27+/m1/s1. The van der Waals surface area contributed by atoms with Gasteiger partial charge in [-0.1, -0.05) is 80.6 Å². The molecule has 0 radical (unpaired) electrons. The molecule has 0 bridgehead atoms. The topological polar surface area (TPSA) is 55.8 Å². The number of allylic oxidation sites excluding steroid dienone is 1. The van der Waals surface area contributed by atoms with Crippen molar-refractivity contribution in [3.05, 3.63) is 83.9 Å². The van der Waals surface area contributed by atoms with Crippen molar-refractivity contribution < 1.29 is 19.4 Å². The van der Waals surface area contributed by atoms with E-state index >= 15 is 0 Å². The van der Waals surface area contributed by atoms with E-state index in [1.54, 1.807) is 6.08 Å². The summed E-state index contributed by atoms with van der Waals surface area (Å²) in [6, 6.07) is 20.1. The smallest absolute Gasteiger partial charge is 0.155 e. The summed E-state index contributed by atoms with van der Waals surface area (Å²) >= 11 is 0. The van der Waals surface area contributed by atoms with Gasteiger partial charge in [-0.2, -0.15) is 0 Å². The first-order valence-corrected chi connectivity index (χ1v) is 11.2. The number of aliphatic hydroxyl groups is 1. The van der Waals surface area contributed by atoms with Gasteiger partial charge in [-0.15, -0.1) is 0 Å². The molecule has 168 valence electrons. The van der Waals surface area contributed by atoms with Crippen LogP contribution in [0.15, 0.2) is 72.8 Å². The SMILES string of the molecule is C[C@H](/C=C/C(=O)CCCCOCc1ccccc1)[C@H](O)[C@@H](C)COCc1ccccc1. The summed E-state index contributed by atoms with van der Waals surface area (Å²) in [5, 5.41) is 10.5. The number of hydrogen-bond donors (Lipinski definition) is 1. The Hall–Kier alpha value is -2.27. The quantitative estimate of drug-likeness (QED) is 0.309. The molecule has 0 aromatic heterocycles. The minimum atomic E-state index is -0.550. The Bertz CT molecular complexity index is 757. The van der Waals surface area contributed by atoms with Gasteiger partial charge in [0.15, 0.2) is 5.78 Å². The molecule has 0 saturated carbocycles. The van der Waals surface area contributed by atoms with E-state index < -0.39 is 6.10 Å². The van der Waals surface area contributed by atoms with Gasteiger partial charge in [-0.25, -0.2) is 0 Å². The van der Waals surface area contributed by atoms with E-state index in [4.69, 9.17) is 9.47 Å². The number of carbonyl (C=O) groups is 1. The van der Waals surface area contributed by atoms with Crippen LogP contribution in [0.3, 0.4) is 0 Å². The van der Waals surface area contributed by atoms with E-state index in [1.807, 2.05) is 80.6 Å². The second-order valence-electron chi connectivity index (χ2n) is 8.15. The van der Waals surface area contributed by atoms with Crippen LogP contribution in [0.1, 0.15) is 44.2 Å². The van der Waals surface area contributed by atoms with E-state index in [2.05, 4.69) is 0 Å². The van der Waals surface area contributed by atoms with Gasteiger partial charge in [-0.3, -0.25) is 4.79 Å². The molecule has 4 nitrogen and oxygen atoms in total. The van der Waals surface area contributed by atoms with Crippen LogP contribution in [-0.4, -0.2) is 30.2 Å². The summed E-state index contributed by atoms with van der Waals surface area (Å²) in [6.45, 7) is 6.18. The van der Waals surface area contributed by atoms with Crippen LogP contribution in [0.5, 0.6) is 0 Å². The molecule has 0 aliphatic heterocycles. The highest BCUT2D eigenvalue weighted by Gasteiger charge is 2.19. The van der Waals surface area contributed by atoms with Crippen molar-refractivity contribution >= 4 is 5.78 Å².